The van der Waals surface area contributed by atoms with Gasteiger partial charge in [0.15, 0.2) is 0 Å². The summed E-state index contributed by atoms with van der Waals surface area (Å²) in [5, 5.41) is 9.43. The highest BCUT2D eigenvalue weighted by Crippen LogP contribution is 2.20. The highest BCUT2D eigenvalue weighted by molar-refractivity contribution is 5.46. The van der Waals surface area contributed by atoms with E-state index >= 15 is 0 Å². The van der Waals surface area contributed by atoms with Crippen LogP contribution in [0.4, 0.5) is 5.69 Å². The van der Waals surface area contributed by atoms with Gasteiger partial charge in [0.25, 0.3) is 0 Å². The lowest BCUT2D eigenvalue weighted by atomic mass is 9.96. The number of hydrogen-bond acceptors (Lipinski definition) is 3. The van der Waals surface area contributed by atoms with Gasteiger partial charge in [-0.1, -0.05) is 30.3 Å². The Kier molecular flexibility index (Phi) is 4.77. The minimum absolute atomic E-state index is 0.0775. The average Bonchev–Trinajstić information content (AvgIpc) is 2.42. The van der Waals surface area contributed by atoms with E-state index in [0.29, 0.717) is 0 Å². The van der Waals surface area contributed by atoms with Gasteiger partial charge in [-0.05, 0) is 54.9 Å². The maximum absolute atomic E-state index is 9.43. The monoisotopic (exact) mass is 270 g/mol. The van der Waals surface area contributed by atoms with Crippen LogP contribution in [-0.2, 0) is 19.6 Å². The summed E-state index contributed by atoms with van der Waals surface area (Å²) in [4.78, 5) is 2.14. The van der Waals surface area contributed by atoms with Gasteiger partial charge >= 0.3 is 0 Å². The van der Waals surface area contributed by atoms with E-state index in [1.54, 1.807) is 0 Å². The van der Waals surface area contributed by atoms with E-state index in [1.165, 1.54) is 16.7 Å². The molecule has 0 aliphatic carbocycles. The van der Waals surface area contributed by atoms with Crippen molar-refractivity contribution in [1.29, 1.82) is 0 Å². The Labute approximate surface area is 120 Å². The molecular weight excluding hydrogens is 248 g/mol. The summed E-state index contributed by atoms with van der Waals surface area (Å²) in [6.07, 6.45) is 0.820. The number of anilines is 1. The van der Waals surface area contributed by atoms with Crippen LogP contribution in [0.2, 0.25) is 0 Å². The molecule has 3 N–H and O–H groups in total. The van der Waals surface area contributed by atoms with Gasteiger partial charge in [-0.25, -0.2) is 0 Å². The van der Waals surface area contributed by atoms with Gasteiger partial charge in [-0.15, -0.1) is 0 Å². The Balaban J connectivity index is 2.33. The first-order valence-corrected chi connectivity index (χ1v) is 6.80. The molecule has 0 bridgehead atoms. The molecule has 0 aliphatic rings. The first-order valence-electron chi connectivity index (χ1n) is 6.80. The third-order valence-corrected chi connectivity index (χ3v) is 3.39. The van der Waals surface area contributed by atoms with E-state index in [4.69, 9.17) is 5.73 Å². The molecule has 20 heavy (non-hydrogen) atoms. The average molecular weight is 270 g/mol. The summed E-state index contributed by atoms with van der Waals surface area (Å²) in [7, 11) is 4.10. The fourth-order valence-corrected chi connectivity index (χ4v) is 2.40. The molecule has 0 heterocycles. The molecule has 0 saturated heterocycles. The summed E-state index contributed by atoms with van der Waals surface area (Å²) < 4.78 is 0. The third-order valence-electron chi connectivity index (χ3n) is 3.39. The topological polar surface area (TPSA) is 49.5 Å². The second-order valence-corrected chi connectivity index (χ2v) is 5.37. The number of nitrogen functional groups attached to an aromatic ring is 1. The van der Waals surface area contributed by atoms with Crippen LogP contribution in [0.5, 0.6) is 0 Å². The molecule has 3 nitrogen and oxygen atoms in total. The lowest BCUT2D eigenvalue weighted by Gasteiger charge is -2.16. The van der Waals surface area contributed by atoms with Crippen molar-refractivity contribution >= 4 is 5.69 Å². The molecule has 2 aromatic carbocycles. The van der Waals surface area contributed by atoms with Gasteiger partial charge in [0.05, 0.1) is 6.61 Å². The van der Waals surface area contributed by atoms with E-state index in [-0.39, 0.29) is 6.61 Å². The fourth-order valence-electron chi connectivity index (χ4n) is 2.40. The van der Waals surface area contributed by atoms with Gasteiger partial charge in [-0.3, -0.25) is 0 Å². The van der Waals surface area contributed by atoms with Crippen molar-refractivity contribution in [2.45, 2.75) is 19.6 Å². The minimum atomic E-state index is 0.0775. The van der Waals surface area contributed by atoms with Crippen LogP contribution in [0.15, 0.2) is 42.5 Å². The van der Waals surface area contributed by atoms with Crippen LogP contribution in [0.1, 0.15) is 22.3 Å². The molecule has 0 fully saturated rings. The number of benzene rings is 2. The molecule has 0 atom stereocenters. The van der Waals surface area contributed by atoms with Crippen molar-refractivity contribution < 1.29 is 5.11 Å². The van der Waals surface area contributed by atoms with Crippen molar-refractivity contribution in [1.82, 2.24) is 4.90 Å². The molecule has 3 heteroatoms. The number of aliphatic hydroxyl groups excluding tert-OH is 1. The van der Waals surface area contributed by atoms with Gasteiger partial charge in [0, 0.05) is 12.2 Å². The fraction of sp³-hybridized carbons (Fsp3) is 0.294. The number of aliphatic hydroxyl groups is 1. The Morgan fingerprint density at radius 3 is 2.25 bits per heavy atom. The second kappa shape index (κ2) is 6.55. The summed E-state index contributed by atoms with van der Waals surface area (Å²) in [6, 6.07) is 14.1. The van der Waals surface area contributed by atoms with Crippen LogP contribution < -0.4 is 5.73 Å². The van der Waals surface area contributed by atoms with Crippen LogP contribution in [0.3, 0.4) is 0 Å². The Morgan fingerprint density at radius 2 is 1.60 bits per heavy atom. The lowest BCUT2D eigenvalue weighted by molar-refractivity contribution is 0.281. The molecule has 2 aromatic rings. The maximum Gasteiger partial charge on any atom is 0.0684 e. The molecule has 0 amide bonds. The zero-order valence-electron chi connectivity index (χ0n) is 12.1. The van der Waals surface area contributed by atoms with E-state index < -0.39 is 0 Å². The van der Waals surface area contributed by atoms with Crippen molar-refractivity contribution in [2.75, 3.05) is 19.8 Å². The van der Waals surface area contributed by atoms with Gasteiger partial charge < -0.3 is 15.7 Å². The summed E-state index contributed by atoms with van der Waals surface area (Å²) in [5.74, 6) is 0. The van der Waals surface area contributed by atoms with Gasteiger partial charge in [-0.2, -0.15) is 0 Å². The predicted octanol–water partition coefficient (Wildman–Crippen LogP) is 2.41. The third kappa shape index (κ3) is 3.59. The van der Waals surface area contributed by atoms with E-state index in [2.05, 4.69) is 31.1 Å². The molecule has 0 unspecified atom stereocenters. The predicted molar refractivity (Wildman–Crippen MR) is 83.4 cm³/mol. The Bertz CT molecular complexity index is 579. The molecule has 0 radical (unpaired) electrons. The Hall–Kier alpha value is -1.84. The molecule has 0 saturated carbocycles. The highest BCUT2D eigenvalue weighted by atomic mass is 16.3. The summed E-state index contributed by atoms with van der Waals surface area (Å²) >= 11 is 0. The molecule has 2 rings (SSSR count). The van der Waals surface area contributed by atoms with Gasteiger partial charge in [0.1, 0.15) is 0 Å². The standard InChI is InChI=1S/C17H22N2O/c1-19(2)11-16-10-17(18)8-7-14(16)9-13-5-3-4-6-15(13)12-20/h3-8,10,20H,9,11-12,18H2,1-2H3. The number of nitrogens with two attached hydrogens (primary N) is 1. The van der Waals surface area contributed by atoms with Crippen LogP contribution in [0.25, 0.3) is 0 Å². The van der Waals surface area contributed by atoms with Crippen LogP contribution in [-0.4, -0.2) is 24.1 Å². The SMILES string of the molecule is CN(C)Cc1cc(N)ccc1Cc1ccccc1CO. The summed E-state index contributed by atoms with van der Waals surface area (Å²) in [6.45, 7) is 0.940. The van der Waals surface area contributed by atoms with Crippen molar-refractivity contribution in [3.8, 4) is 0 Å². The van der Waals surface area contributed by atoms with Crippen molar-refractivity contribution in [3.05, 3.63) is 64.7 Å². The van der Waals surface area contributed by atoms with E-state index in [0.717, 1.165) is 24.2 Å². The molecule has 0 aromatic heterocycles. The molecule has 0 spiro atoms. The smallest absolute Gasteiger partial charge is 0.0684 e. The molecule has 106 valence electrons. The lowest BCUT2D eigenvalue weighted by Crippen LogP contribution is -2.13. The zero-order chi connectivity index (χ0) is 14.5. The van der Waals surface area contributed by atoms with E-state index in [1.807, 2.05) is 30.3 Å². The maximum atomic E-state index is 9.43. The van der Waals surface area contributed by atoms with Crippen LogP contribution >= 0.6 is 0 Å². The normalized spacial score (nSPS) is 11.0. The zero-order valence-corrected chi connectivity index (χ0v) is 12.1. The minimum Gasteiger partial charge on any atom is -0.399 e. The van der Waals surface area contributed by atoms with Crippen molar-refractivity contribution in [2.24, 2.45) is 0 Å². The van der Waals surface area contributed by atoms with Crippen molar-refractivity contribution in [3.63, 3.8) is 0 Å². The Morgan fingerprint density at radius 1 is 0.950 bits per heavy atom. The molecule has 0 aliphatic heterocycles. The first kappa shape index (κ1) is 14.6. The largest absolute Gasteiger partial charge is 0.399 e. The quantitative estimate of drug-likeness (QED) is 0.820. The van der Waals surface area contributed by atoms with E-state index in [9.17, 15) is 5.11 Å². The first-order chi connectivity index (χ1) is 9.60. The highest BCUT2D eigenvalue weighted by Gasteiger charge is 2.08. The number of hydrogen-bond donors (Lipinski definition) is 2. The van der Waals surface area contributed by atoms with Gasteiger partial charge in [0.2, 0.25) is 0 Å². The van der Waals surface area contributed by atoms with Crippen LogP contribution in [0, 0.1) is 0 Å². The molecular formula is C17H22N2O. The second-order valence-electron chi connectivity index (χ2n) is 5.37. The summed E-state index contributed by atoms with van der Waals surface area (Å²) in [5.41, 5.74) is 11.3. The number of rotatable bonds is 5. The number of nitrogens with zero attached hydrogens (tertiary/aromatic N) is 1.